The van der Waals surface area contributed by atoms with Crippen LogP contribution in [0.5, 0.6) is 11.6 Å². The van der Waals surface area contributed by atoms with Crippen molar-refractivity contribution in [2.45, 2.75) is 6.42 Å². The molecular weight excluding hydrogens is 338 g/mol. The van der Waals surface area contributed by atoms with Crippen molar-refractivity contribution in [2.24, 2.45) is 0 Å². The van der Waals surface area contributed by atoms with E-state index in [-0.39, 0.29) is 5.91 Å². The highest BCUT2D eigenvalue weighted by Crippen LogP contribution is 2.31. The third-order valence-corrected chi connectivity index (χ3v) is 4.70. The number of hydroxylamine groups is 2. The van der Waals surface area contributed by atoms with E-state index < -0.39 is 0 Å². The number of benzene rings is 1. The van der Waals surface area contributed by atoms with Gasteiger partial charge in [-0.15, -0.1) is 0 Å². The first-order valence-electron chi connectivity index (χ1n) is 7.87. The van der Waals surface area contributed by atoms with Crippen LogP contribution in [0.25, 0.3) is 5.57 Å². The summed E-state index contributed by atoms with van der Waals surface area (Å²) in [6, 6.07) is 6.86. The van der Waals surface area contributed by atoms with Crippen LogP contribution < -0.4 is 4.74 Å². The Balaban J connectivity index is 1.79. The summed E-state index contributed by atoms with van der Waals surface area (Å²) in [5.41, 5.74) is 2.46. The highest BCUT2D eigenvalue weighted by atomic mass is 32.2. The Kier molecular flexibility index (Phi) is 5.67. The quantitative estimate of drug-likeness (QED) is 0.764. The lowest BCUT2D eigenvalue weighted by Crippen LogP contribution is -2.25. The molecule has 0 unspecified atom stereocenters. The van der Waals surface area contributed by atoms with E-state index in [1.807, 2.05) is 11.8 Å². The lowest BCUT2D eigenvalue weighted by molar-refractivity contribution is -0.0757. The van der Waals surface area contributed by atoms with Gasteiger partial charge in [0, 0.05) is 30.8 Å². The fraction of sp³-hybridized carbons (Fsp3) is 0.278. The minimum atomic E-state index is -0.223. The molecule has 6 nitrogen and oxygen atoms in total. The molecule has 0 saturated heterocycles. The summed E-state index contributed by atoms with van der Waals surface area (Å²) in [7, 11) is 3.01. The van der Waals surface area contributed by atoms with E-state index in [2.05, 4.69) is 16.0 Å². The SMILES string of the molecule is CON(C)C(=O)c1ccc(Oc2nccnc2C2=CCSCC2)cc1. The van der Waals surface area contributed by atoms with Crippen molar-refractivity contribution in [1.29, 1.82) is 0 Å². The molecule has 0 atom stereocenters. The summed E-state index contributed by atoms with van der Waals surface area (Å²) in [5.74, 6) is 2.91. The van der Waals surface area contributed by atoms with Crippen molar-refractivity contribution in [3.05, 3.63) is 54.0 Å². The fourth-order valence-corrected chi connectivity index (χ4v) is 3.25. The summed E-state index contributed by atoms with van der Waals surface area (Å²) in [4.78, 5) is 25.7. The number of nitrogens with zero attached hydrogens (tertiary/aromatic N) is 3. The lowest BCUT2D eigenvalue weighted by atomic mass is 10.1. The van der Waals surface area contributed by atoms with Gasteiger partial charge in [-0.1, -0.05) is 6.08 Å². The molecule has 2 heterocycles. The summed E-state index contributed by atoms with van der Waals surface area (Å²) in [5, 5.41) is 1.17. The van der Waals surface area contributed by atoms with Gasteiger partial charge in [0.2, 0.25) is 5.88 Å². The average molecular weight is 357 g/mol. The average Bonchev–Trinajstić information content (AvgIpc) is 2.68. The molecular formula is C18H19N3O3S. The smallest absolute Gasteiger partial charge is 0.277 e. The number of carbonyl (C=O) groups excluding carboxylic acids is 1. The molecule has 1 aromatic heterocycles. The Morgan fingerprint density at radius 2 is 1.96 bits per heavy atom. The first-order chi connectivity index (χ1) is 12.2. The van der Waals surface area contributed by atoms with Crippen molar-refractivity contribution in [3.8, 4) is 11.6 Å². The number of rotatable bonds is 5. The largest absolute Gasteiger partial charge is 0.437 e. The molecule has 1 aliphatic heterocycles. The van der Waals surface area contributed by atoms with Crippen LogP contribution in [0.1, 0.15) is 22.5 Å². The van der Waals surface area contributed by atoms with E-state index in [0.29, 0.717) is 17.2 Å². The minimum absolute atomic E-state index is 0.223. The predicted octanol–water partition coefficient (Wildman–Crippen LogP) is 3.42. The molecule has 130 valence electrons. The Labute approximate surface area is 150 Å². The van der Waals surface area contributed by atoms with E-state index in [0.717, 1.165) is 29.2 Å². The van der Waals surface area contributed by atoms with Gasteiger partial charge in [0.15, 0.2) is 0 Å². The molecule has 0 bridgehead atoms. The first kappa shape index (κ1) is 17.4. The number of ether oxygens (including phenoxy) is 1. The number of aromatic nitrogens is 2. The van der Waals surface area contributed by atoms with Gasteiger partial charge in [-0.05, 0) is 42.0 Å². The zero-order chi connectivity index (χ0) is 17.6. The molecule has 7 heteroatoms. The number of carbonyl (C=O) groups is 1. The Bertz CT molecular complexity index is 777. The van der Waals surface area contributed by atoms with Crippen LogP contribution >= 0.6 is 11.8 Å². The third-order valence-electron chi connectivity index (χ3n) is 3.81. The first-order valence-corrected chi connectivity index (χ1v) is 9.02. The van der Waals surface area contributed by atoms with Crippen LogP contribution in [-0.2, 0) is 4.84 Å². The van der Waals surface area contributed by atoms with Gasteiger partial charge in [-0.2, -0.15) is 11.8 Å². The molecule has 0 aliphatic carbocycles. The van der Waals surface area contributed by atoms with Crippen LogP contribution in [0.3, 0.4) is 0 Å². The number of thioether (sulfide) groups is 1. The predicted molar refractivity (Wildman–Crippen MR) is 97.6 cm³/mol. The van der Waals surface area contributed by atoms with Gasteiger partial charge >= 0.3 is 0 Å². The highest BCUT2D eigenvalue weighted by Gasteiger charge is 2.16. The van der Waals surface area contributed by atoms with Crippen LogP contribution in [0, 0.1) is 0 Å². The molecule has 0 N–H and O–H groups in total. The van der Waals surface area contributed by atoms with Gasteiger partial charge < -0.3 is 4.74 Å². The van der Waals surface area contributed by atoms with Crippen molar-refractivity contribution in [1.82, 2.24) is 15.0 Å². The Morgan fingerprint density at radius 3 is 2.64 bits per heavy atom. The van der Waals surface area contributed by atoms with E-state index >= 15 is 0 Å². The van der Waals surface area contributed by atoms with Crippen molar-refractivity contribution < 1.29 is 14.4 Å². The van der Waals surface area contributed by atoms with E-state index in [1.165, 1.54) is 12.2 Å². The van der Waals surface area contributed by atoms with E-state index in [9.17, 15) is 4.79 Å². The molecule has 25 heavy (non-hydrogen) atoms. The van der Waals surface area contributed by atoms with Gasteiger partial charge in [0.1, 0.15) is 11.4 Å². The summed E-state index contributed by atoms with van der Waals surface area (Å²) in [6.07, 6.45) is 6.42. The lowest BCUT2D eigenvalue weighted by Gasteiger charge is -2.15. The number of hydrogen-bond donors (Lipinski definition) is 0. The minimum Gasteiger partial charge on any atom is -0.437 e. The maximum Gasteiger partial charge on any atom is 0.277 e. The second-order valence-corrected chi connectivity index (χ2v) is 6.53. The monoisotopic (exact) mass is 357 g/mol. The van der Waals surface area contributed by atoms with Gasteiger partial charge in [0.05, 0.1) is 7.11 Å². The normalized spacial score (nSPS) is 13.9. The molecule has 0 spiro atoms. The Morgan fingerprint density at radius 1 is 1.20 bits per heavy atom. The van der Waals surface area contributed by atoms with Crippen molar-refractivity contribution in [3.63, 3.8) is 0 Å². The molecule has 0 radical (unpaired) electrons. The van der Waals surface area contributed by atoms with Crippen LogP contribution in [0.4, 0.5) is 0 Å². The summed E-state index contributed by atoms with van der Waals surface area (Å²) >= 11 is 1.90. The van der Waals surface area contributed by atoms with Crippen molar-refractivity contribution in [2.75, 3.05) is 25.7 Å². The zero-order valence-electron chi connectivity index (χ0n) is 14.1. The standard InChI is InChI=1S/C18H19N3O3S/c1-21(23-2)18(22)14-3-5-15(6-4-14)24-17-16(19-9-10-20-17)13-7-11-25-12-8-13/h3-7,9-10H,8,11-12H2,1-2H3. The number of amides is 1. The van der Waals surface area contributed by atoms with E-state index in [4.69, 9.17) is 9.57 Å². The topological polar surface area (TPSA) is 64.5 Å². The molecule has 1 aromatic carbocycles. The van der Waals surface area contributed by atoms with Crippen LogP contribution in [0.15, 0.2) is 42.7 Å². The van der Waals surface area contributed by atoms with Gasteiger partial charge in [-0.25, -0.2) is 15.0 Å². The molecule has 1 amide bonds. The summed E-state index contributed by atoms with van der Waals surface area (Å²) in [6.45, 7) is 0. The molecule has 3 rings (SSSR count). The fourth-order valence-electron chi connectivity index (χ4n) is 2.40. The summed E-state index contributed by atoms with van der Waals surface area (Å²) < 4.78 is 5.91. The maximum atomic E-state index is 12.0. The van der Waals surface area contributed by atoms with Gasteiger partial charge in [-0.3, -0.25) is 9.63 Å². The molecule has 0 saturated carbocycles. The second kappa shape index (κ2) is 8.13. The second-order valence-electron chi connectivity index (χ2n) is 5.38. The van der Waals surface area contributed by atoms with Crippen molar-refractivity contribution >= 4 is 23.2 Å². The molecule has 0 fully saturated rings. The number of allylic oxidation sites excluding steroid dienone is 1. The number of hydrogen-bond acceptors (Lipinski definition) is 6. The van der Waals surface area contributed by atoms with E-state index in [1.54, 1.807) is 43.7 Å². The third kappa shape index (κ3) is 4.18. The molecule has 1 aliphatic rings. The Hall–Kier alpha value is -2.38. The zero-order valence-corrected chi connectivity index (χ0v) is 15.0. The highest BCUT2D eigenvalue weighted by molar-refractivity contribution is 7.99. The van der Waals surface area contributed by atoms with Gasteiger partial charge in [0.25, 0.3) is 5.91 Å². The molecule has 2 aromatic rings. The van der Waals surface area contributed by atoms with Crippen LogP contribution in [-0.4, -0.2) is 46.6 Å². The van der Waals surface area contributed by atoms with Crippen LogP contribution in [0.2, 0.25) is 0 Å². The maximum absolute atomic E-state index is 12.0.